The molecule has 2 rings (SSSR count). The van der Waals surface area contributed by atoms with Gasteiger partial charge in [-0.3, -0.25) is 0 Å². The van der Waals surface area contributed by atoms with Crippen molar-refractivity contribution in [3.8, 4) is 0 Å². The highest BCUT2D eigenvalue weighted by molar-refractivity contribution is 7.99. The third-order valence-corrected chi connectivity index (χ3v) is 4.13. The molecule has 0 spiro atoms. The van der Waals surface area contributed by atoms with E-state index in [0.29, 0.717) is 0 Å². The Bertz CT molecular complexity index is 261. The Morgan fingerprint density at radius 2 is 2.23 bits per heavy atom. The monoisotopic (exact) mass is 196 g/mol. The molecule has 0 bridgehead atoms. The molecule has 0 amide bonds. The van der Waals surface area contributed by atoms with E-state index in [4.69, 9.17) is 4.42 Å². The highest BCUT2D eigenvalue weighted by atomic mass is 32.2. The van der Waals surface area contributed by atoms with Gasteiger partial charge in [0, 0.05) is 10.6 Å². The molecule has 1 aliphatic carbocycles. The van der Waals surface area contributed by atoms with Crippen LogP contribution in [0.1, 0.15) is 31.4 Å². The van der Waals surface area contributed by atoms with Gasteiger partial charge in [0.25, 0.3) is 0 Å². The summed E-state index contributed by atoms with van der Waals surface area (Å²) in [6.07, 6.45) is 7.53. The molecule has 1 heterocycles. The minimum atomic E-state index is 0.958. The van der Waals surface area contributed by atoms with Crippen LogP contribution in [-0.2, 0) is 0 Å². The van der Waals surface area contributed by atoms with Crippen molar-refractivity contribution in [3.05, 3.63) is 18.1 Å². The van der Waals surface area contributed by atoms with Crippen molar-refractivity contribution < 1.29 is 4.42 Å². The number of hydrogen-bond donors (Lipinski definition) is 0. The van der Waals surface area contributed by atoms with Crippen LogP contribution >= 0.6 is 11.8 Å². The summed E-state index contributed by atoms with van der Waals surface area (Å²) in [6, 6.07) is 2.08. The van der Waals surface area contributed by atoms with E-state index in [0.717, 1.165) is 11.7 Å². The van der Waals surface area contributed by atoms with Gasteiger partial charge in [0.2, 0.25) is 0 Å². The van der Waals surface area contributed by atoms with Gasteiger partial charge in [-0.2, -0.15) is 0 Å². The summed E-state index contributed by atoms with van der Waals surface area (Å²) in [5, 5.41) is 0. The molecule has 72 valence electrons. The Morgan fingerprint density at radius 3 is 2.85 bits per heavy atom. The van der Waals surface area contributed by atoms with Crippen LogP contribution in [0, 0.1) is 12.8 Å². The molecule has 0 N–H and O–H groups in total. The Morgan fingerprint density at radius 1 is 1.46 bits per heavy atom. The quantitative estimate of drug-likeness (QED) is 0.681. The Kier molecular flexibility index (Phi) is 2.99. The lowest BCUT2D eigenvalue weighted by atomic mass is 10.1. The third-order valence-electron chi connectivity index (χ3n) is 2.76. The molecule has 1 aliphatic rings. The Hall–Kier alpha value is -0.370. The van der Waals surface area contributed by atoms with Crippen LogP contribution in [-0.4, -0.2) is 5.75 Å². The summed E-state index contributed by atoms with van der Waals surface area (Å²) in [6.45, 7) is 2.04. The number of hydrogen-bond acceptors (Lipinski definition) is 2. The average molecular weight is 196 g/mol. The number of aryl methyl sites for hydroxylation is 1. The molecule has 1 saturated carbocycles. The molecular weight excluding hydrogens is 180 g/mol. The molecule has 0 aliphatic heterocycles. The highest BCUT2D eigenvalue weighted by Gasteiger charge is 2.15. The predicted molar refractivity (Wildman–Crippen MR) is 56.1 cm³/mol. The van der Waals surface area contributed by atoms with E-state index in [1.54, 1.807) is 6.26 Å². The van der Waals surface area contributed by atoms with Crippen molar-refractivity contribution in [2.75, 3.05) is 5.75 Å². The van der Waals surface area contributed by atoms with E-state index >= 15 is 0 Å². The van der Waals surface area contributed by atoms with Crippen molar-refractivity contribution >= 4 is 11.8 Å². The van der Waals surface area contributed by atoms with Gasteiger partial charge in [-0.05, 0) is 31.7 Å². The van der Waals surface area contributed by atoms with Gasteiger partial charge >= 0.3 is 0 Å². The maximum absolute atomic E-state index is 5.26. The van der Waals surface area contributed by atoms with Crippen molar-refractivity contribution in [2.24, 2.45) is 5.92 Å². The lowest BCUT2D eigenvalue weighted by Gasteiger charge is -2.06. The fraction of sp³-hybridized carbons (Fsp3) is 0.636. The Labute approximate surface area is 83.9 Å². The van der Waals surface area contributed by atoms with Crippen LogP contribution in [0.15, 0.2) is 21.6 Å². The van der Waals surface area contributed by atoms with E-state index in [9.17, 15) is 0 Å². The first-order chi connectivity index (χ1) is 6.36. The molecule has 1 fully saturated rings. The zero-order chi connectivity index (χ0) is 9.10. The van der Waals surface area contributed by atoms with Gasteiger partial charge in [-0.25, -0.2) is 0 Å². The number of rotatable bonds is 3. The van der Waals surface area contributed by atoms with Gasteiger partial charge in [0.05, 0.1) is 6.26 Å². The lowest BCUT2D eigenvalue weighted by Crippen LogP contribution is -1.95. The van der Waals surface area contributed by atoms with E-state index in [-0.39, 0.29) is 0 Å². The molecular formula is C11H16OS. The number of thioether (sulfide) groups is 1. The van der Waals surface area contributed by atoms with Crippen molar-refractivity contribution in [1.82, 2.24) is 0 Å². The molecule has 13 heavy (non-hydrogen) atoms. The highest BCUT2D eigenvalue weighted by Crippen LogP contribution is 2.32. The van der Waals surface area contributed by atoms with Gasteiger partial charge in [-0.15, -0.1) is 11.8 Å². The first-order valence-corrected chi connectivity index (χ1v) is 6.01. The molecule has 0 radical (unpaired) electrons. The number of furan rings is 1. The smallest absolute Gasteiger partial charge is 0.114 e. The first kappa shape index (κ1) is 9.20. The van der Waals surface area contributed by atoms with Crippen LogP contribution in [0.2, 0.25) is 0 Å². The molecule has 0 saturated heterocycles. The SMILES string of the molecule is Cc1occc1SCC1CCCC1. The molecule has 1 nitrogen and oxygen atoms in total. The van der Waals surface area contributed by atoms with Crippen LogP contribution in [0.5, 0.6) is 0 Å². The summed E-state index contributed by atoms with van der Waals surface area (Å²) in [5.41, 5.74) is 0. The predicted octanol–water partition coefficient (Wildman–Crippen LogP) is 3.87. The summed E-state index contributed by atoms with van der Waals surface area (Å²) in [5.74, 6) is 3.31. The van der Waals surface area contributed by atoms with E-state index < -0.39 is 0 Å². The maximum atomic E-state index is 5.26. The lowest BCUT2D eigenvalue weighted by molar-refractivity contribution is 0.526. The third kappa shape index (κ3) is 2.31. The summed E-state index contributed by atoms with van der Waals surface area (Å²) in [4.78, 5) is 1.33. The van der Waals surface area contributed by atoms with Crippen LogP contribution in [0.3, 0.4) is 0 Å². The molecule has 1 aromatic heterocycles. The topological polar surface area (TPSA) is 13.1 Å². The molecule has 0 atom stereocenters. The zero-order valence-electron chi connectivity index (χ0n) is 8.08. The van der Waals surface area contributed by atoms with E-state index in [1.165, 1.54) is 36.3 Å². The minimum Gasteiger partial charge on any atom is -0.468 e. The standard InChI is InChI=1S/C11H16OS/c1-9-11(6-7-12-9)13-8-10-4-2-3-5-10/h6-7,10H,2-5,8H2,1H3. The van der Waals surface area contributed by atoms with Gasteiger partial charge in [0.15, 0.2) is 0 Å². The molecule has 0 aromatic carbocycles. The Balaban J connectivity index is 1.82. The first-order valence-electron chi connectivity index (χ1n) is 5.03. The summed E-state index contributed by atoms with van der Waals surface area (Å²) in [7, 11) is 0. The largest absolute Gasteiger partial charge is 0.468 e. The van der Waals surface area contributed by atoms with Crippen LogP contribution < -0.4 is 0 Å². The minimum absolute atomic E-state index is 0.958. The van der Waals surface area contributed by atoms with Crippen LogP contribution in [0.25, 0.3) is 0 Å². The normalized spacial score (nSPS) is 18.2. The van der Waals surface area contributed by atoms with Gasteiger partial charge < -0.3 is 4.42 Å². The second-order valence-electron chi connectivity index (χ2n) is 3.80. The second kappa shape index (κ2) is 4.23. The van der Waals surface area contributed by atoms with Crippen molar-refractivity contribution in [2.45, 2.75) is 37.5 Å². The van der Waals surface area contributed by atoms with Crippen molar-refractivity contribution in [3.63, 3.8) is 0 Å². The van der Waals surface area contributed by atoms with Gasteiger partial charge in [0.1, 0.15) is 5.76 Å². The molecule has 1 aromatic rings. The van der Waals surface area contributed by atoms with E-state index in [2.05, 4.69) is 6.07 Å². The second-order valence-corrected chi connectivity index (χ2v) is 4.86. The fourth-order valence-electron chi connectivity index (χ4n) is 1.91. The zero-order valence-corrected chi connectivity index (χ0v) is 8.90. The average Bonchev–Trinajstić information content (AvgIpc) is 2.72. The maximum Gasteiger partial charge on any atom is 0.114 e. The molecule has 0 unspecified atom stereocenters. The van der Waals surface area contributed by atoms with Crippen LogP contribution in [0.4, 0.5) is 0 Å². The summed E-state index contributed by atoms with van der Waals surface area (Å²) >= 11 is 1.96. The fourth-order valence-corrected chi connectivity index (χ4v) is 3.06. The van der Waals surface area contributed by atoms with E-state index in [1.807, 2.05) is 18.7 Å². The summed E-state index contributed by atoms with van der Waals surface area (Å²) < 4.78 is 5.26. The van der Waals surface area contributed by atoms with Gasteiger partial charge in [-0.1, -0.05) is 12.8 Å². The van der Waals surface area contributed by atoms with Crippen molar-refractivity contribution in [1.29, 1.82) is 0 Å². The molecule has 2 heteroatoms.